The number of piperazine rings is 1. The molecule has 7 nitrogen and oxygen atoms in total. The summed E-state index contributed by atoms with van der Waals surface area (Å²) in [5.41, 5.74) is 0. The molecule has 0 aliphatic carbocycles. The largest absolute Gasteiger partial charge is 0.465 e. The molecule has 0 saturated carbocycles. The summed E-state index contributed by atoms with van der Waals surface area (Å²) in [4.78, 5) is 11.9. The zero-order valence-corrected chi connectivity index (χ0v) is 12.5. The third-order valence-corrected chi connectivity index (χ3v) is 6.07. The van der Waals surface area contributed by atoms with Crippen molar-refractivity contribution in [3.05, 3.63) is 0 Å². The highest BCUT2D eigenvalue weighted by atomic mass is 32.2. The molecule has 1 N–H and O–H groups in total. The summed E-state index contributed by atoms with van der Waals surface area (Å²) in [6, 6.07) is -0.753. The van der Waals surface area contributed by atoms with Crippen LogP contribution in [0, 0.1) is 0 Å². The van der Waals surface area contributed by atoms with Gasteiger partial charge in [0, 0.05) is 32.8 Å². The Kier molecular flexibility index (Phi) is 5.36. The second-order valence-electron chi connectivity index (χ2n) is 4.94. The van der Waals surface area contributed by atoms with Crippen LogP contribution in [0.4, 0.5) is 0 Å². The van der Waals surface area contributed by atoms with Gasteiger partial charge in [0.1, 0.15) is 6.04 Å². The van der Waals surface area contributed by atoms with Crippen molar-refractivity contribution in [2.75, 3.05) is 39.5 Å². The van der Waals surface area contributed by atoms with E-state index in [1.165, 1.54) is 4.31 Å². The number of rotatable bonds is 4. The Hall–Kier alpha value is -0.700. The third-order valence-electron chi connectivity index (χ3n) is 3.67. The van der Waals surface area contributed by atoms with E-state index in [0.29, 0.717) is 45.7 Å². The maximum absolute atomic E-state index is 12.7. The fourth-order valence-corrected chi connectivity index (χ4v) is 4.63. The molecule has 2 aliphatic rings. The number of nitrogens with zero attached hydrogens (tertiary/aromatic N) is 1. The normalized spacial score (nSPS) is 26.4. The molecule has 0 radical (unpaired) electrons. The molecule has 2 rings (SSSR count). The number of ether oxygens (including phenoxy) is 2. The van der Waals surface area contributed by atoms with E-state index >= 15 is 0 Å². The quantitative estimate of drug-likeness (QED) is 0.694. The minimum atomic E-state index is -3.49. The number of carbonyl (C=O) groups is 1. The molecule has 2 fully saturated rings. The lowest BCUT2D eigenvalue weighted by atomic mass is 10.2. The molecule has 0 bridgehead atoms. The summed E-state index contributed by atoms with van der Waals surface area (Å²) in [6.07, 6.45) is 0.976. The van der Waals surface area contributed by atoms with Crippen LogP contribution in [0.2, 0.25) is 0 Å². The van der Waals surface area contributed by atoms with E-state index in [-0.39, 0.29) is 6.61 Å². The number of hydrogen-bond acceptors (Lipinski definition) is 6. The number of carbonyl (C=O) groups excluding carboxylic acids is 1. The second kappa shape index (κ2) is 6.84. The highest BCUT2D eigenvalue weighted by Gasteiger charge is 2.41. The Bertz CT molecular complexity index is 433. The highest BCUT2D eigenvalue weighted by molar-refractivity contribution is 7.89. The molecule has 0 amide bonds. The fraction of sp³-hybridized carbons (Fsp3) is 0.917. The summed E-state index contributed by atoms with van der Waals surface area (Å²) in [6.45, 7) is 4.05. The fourth-order valence-electron chi connectivity index (χ4n) is 2.59. The summed E-state index contributed by atoms with van der Waals surface area (Å²) < 4.78 is 36.9. The molecule has 0 aromatic heterocycles. The van der Waals surface area contributed by atoms with Crippen LogP contribution in [-0.4, -0.2) is 69.4 Å². The topological polar surface area (TPSA) is 84.9 Å². The van der Waals surface area contributed by atoms with E-state index in [9.17, 15) is 13.2 Å². The van der Waals surface area contributed by atoms with Gasteiger partial charge in [0.15, 0.2) is 0 Å². The maximum Gasteiger partial charge on any atom is 0.325 e. The molecular formula is C12H22N2O5S. The van der Waals surface area contributed by atoms with Gasteiger partial charge in [0.25, 0.3) is 0 Å². The molecule has 2 aliphatic heterocycles. The van der Waals surface area contributed by atoms with Crippen LogP contribution in [-0.2, 0) is 24.3 Å². The Morgan fingerprint density at radius 3 is 2.75 bits per heavy atom. The first-order valence-corrected chi connectivity index (χ1v) is 8.53. The van der Waals surface area contributed by atoms with Crippen molar-refractivity contribution in [2.24, 2.45) is 0 Å². The van der Waals surface area contributed by atoms with Crippen LogP contribution in [0.5, 0.6) is 0 Å². The summed E-state index contributed by atoms with van der Waals surface area (Å²) in [7, 11) is -3.49. The first kappa shape index (κ1) is 15.7. The average molecular weight is 306 g/mol. The average Bonchev–Trinajstić information content (AvgIpc) is 2.48. The molecule has 2 saturated heterocycles. The van der Waals surface area contributed by atoms with Crippen LogP contribution in [0.15, 0.2) is 0 Å². The van der Waals surface area contributed by atoms with Crippen molar-refractivity contribution in [3.8, 4) is 0 Å². The molecule has 0 spiro atoms. The van der Waals surface area contributed by atoms with Crippen molar-refractivity contribution in [3.63, 3.8) is 0 Å². The van der Waals surface area contributed by atoms with Crippen LogP contribution in [0.1, 0.15) is 19.8 Å². The van der Waals surface area contributed by atoms with E-state index in [2.05, 4.69) is 5.32 Å². The van der Waals surface area contributed by atoms with Gasteiger partial charge >= 0.3 is 5.97 Å². The van der Waals surface area contributed by atoms with Gasteiger partial charge in [-0.25, -0.2) is 8.42 Å². The molecule has 116 valence electrons. The van der Waals surface area contributed by atoms with Crippen LogP contribution >= 0.6 is 0 Å². The van der Waals surface area contributed by atoms with E-state index in [0.717, 1.165) is 0 Å². The smallest absolute Gasteiger partial charge is 0.325 e. The molecule has 0 aromatic rings. The van der Waals surface area contributed by atoms with Gasteiger partial charge in [-0.05, 0) is 19.8 Å². The molecule has 1 atom stereocenters. The second-order valence-corrected chi connectivity index (χ2v) is 7.10. The Morgan fingerprint density at radius 1 is 1.40 bits per heavy atom. The number of nitrogens with one attached hydrogen (secondary N) is 1. The van der Waals surface area contributed by atoms with Crippen molar-refractivity contribution in [2.45, 2.75) is 31.1 Å². The Balaban J connectivity index is 2.15. The highest BCUT2D eigenvalue weighted by Crippen LogP contribution is 2.22. The van der Waals surface area contributed by atoms with Gasteiger partial charge in [-0.1, -0.05) is 0 Å². The molecule has 8 heteroatoms. The molecule has 1 unspecified atom stereocenters. The summed E-state index contributed by atoms with van der Waals surface area (Å²) in [5.74, 6) is -0.477. The van der Waals surface area contributed by atoms with Gasteiger partial charge in [0.2, 0.25) is 10.0 Å². The zero-order valence-electron chi connectivity index (χ0n) is 11.7. The lowest BCUT2D eigenvalue weighted by Gasteiger charge is -2.36. The maximum atomic E-state index is 12.7. The first-order chi connectivity index (χ1) is 9.57. The van der Waals surface area contributed by atoms with E-state index in [4.69, 9.17) is 9.47 Å². The monoisotopic (exact) mass is 306 g/mol. The van der Waals surface area contributed by atoms with Gasteiger partial charge in [0.05, 0.1) is 11.9 Å². The minimum absolute atomic E-state index is 0.250. The summed E-state index contributed by atoms with van der Waals surface area (Å²) in [5, 5.41) is 2.59. The lowest BCUT2D eigenvalue weighted by Crippen LogP contribution is -2.59. The minimum Gasteiger partial charge on any atom is -0.465 e. The number of hydrogen-bond donors (Lipinski definition) is 1. The van der Waals surface area contributed by atoms with Gasteiger partial charge < -0.3 is 14.8 Å². The molecular weight excluding hydrogens is 284 g/mol. The van der Waals surface area contributed by atoms with Crippen molar-refractivity contribution >= 4 is 16.0 Å². The van der Waals surface area contributed by atoms with E-state index in [1.54, 1.807) is 6.92 Å². The van der Waals surface area contributed by atoms with Crippen LogP contribution in [0.3, 0.4) is 0 Å². The molecule has 20 heavy (non-hydrogen) atoms. The number of esters is 1. The SMILES string of the molecule is CCOC(=O)C1CNCCN1S(=O)(=O)C1CCOCC1. The molecule has 0 aromatic carbocycles. The lowest BCUT2D eigenvalue weighted by molar-refractivity contribution is -0.148. The summed E-state index contributed by atoms with van der Waals surface area (Å²) >= 11 is 0. The number of sulfonamides is 1. The van der Waals surface area contributed by atoms with Crippen molar-refractivity contribution in [1.29, 1.82) is 0 Å². The van der Waals surface area contributed by atoms with Crippen LogP contribution in [0.25, 0.3) is 0 Å². The Morgan fingerprint density at radius 2 is 2.10 bits per heavy atom. The predicted octanol–water partition coefficient (Wildman–Crippen LogP) is -0.668. The first-order valence-electron chi connectivity index (χ1n) is 7.03. The van der Waals surface area contributed by atoms with Crippen molar-refractivity contribution in [1.82, 2.24) is 9.62 Å². The standard InChI is InChI=1S/C12H22N2O5S/c1-2-19-12(15)11-9-13-5-6-14(11)20(16,17)10-3-7-18-8-4-10/h10-11,13H,2-9H2,1H3. The van der Waals surface area contributed by atoms with Crippen LogP contribution < -0.4 is 5.32 Å². The van der Waals surface area contributed by atoms with Crippen molar-refractivity contribution < 1.29 is 22.7 Å². The van der Waals surface area contributed by atoms with E-state index in [1.807, 2.05) is 0 Å². The zero-order chi connectivity index (χ0) is 14.6. The molecule has 2 heterocycles. The van der Waals surface area contributed by atoms with E-state index < -0.39 is 27.3 Å². The van der Waals surface area contributed by atoms with Gasteiger partial charge in [-0.15, -0.1) is 0 Å². The van der Waals surface area contributed by atoms with Gasteiger partial charge in [-0.3, -0.25) is 4.79 Å². The predicted molar refractivity (Wildman–Crippen MR) is 72.8 cm³/mol. The third kappa shape index (κ3) is 3.30. The van der Waals surface area contributed by atoms with Gasteiger partial charge in [-0.2, -0.15) is 4.31 Å². The Labute approximate surface area is 119 Å².